The van der Waals surface area contributed by atoms with Gasteiger partial charge in [-0.15, -0.1) is 11.8 Å². The summed E-state index contributed by atoms with van der Waals surface area (Å²) in [5, 5.41) is 0. The van der Waals surface area contributed by atoms with Crippen molar-refractivity contribution in [3.8, 4) is 0 Å². The number of ketones is 1. The number of benzene rings is 1. The Balaban J connectivity index is 2.34. The molecule has 1 aliphatic rings. The summed E-state index contributed by atoms with van der Waals surface area (Å²) in [6.07, 6.45) is 0. The maximum absolute atomic E-state index is 11.9. The number of hydrogen-bond donors (Lipinski definition) is 0. The first-order valence-corrected chi connectivity index (χ1v) is 5.56. The molecule has 0 bridgehead atoms. The second-order valence-electron chi connectivity index (χ2n) is 3.25. The molecule has 1 atom stereocenters. The van der Waals surface area contributed by atoms with Gasteiger partial charge in [0.15, 0.2) is 5.78 Å². The molecular weight excluding hydrogens is 212 g/mol. The Kier molecular flexibility index (Phi) is 2.77. The first-order chi connectivity index (χ1) is 7.24. The molecule has 15 heavy (non-hydrogen) atoms. The van der Waals surface area contributed by atoms with Crippen LogP contribution in [-0.4, -0.2) is 24.6 Å². The van der Waals surface area contributed by atoms with Crippen molar-refractivity contribution in [2.45, 2.75) is 4.90 Å². The second-order valence-corrected chi connectivity index (χ2v) is 4.31. The minimum Gasteiger partial charge on any atom is -0.468 e. The Morgan fingerprint density at radius 3 is 2.93 bits per heavy atom. The third-order valence-electron chi connectivity index (χ3n) is 2.36. The van der Waals surface area contributed by atoms with Gasteiger partial charge in [-0.1, -0.05) is 18.2 Å². The third kappa shape index (κ3) is 1.77. The lowest BCUT2D eigenvalue weighted by molar-refractivity contribution is -0.142. The van der Waals surface area contributed by atoms with E-state index in [4.69, 9.17) is 0 Å². The van der Waals surface area contributed by atoms with Gasteiger partial charge in [0.25, 0.3) is 0 Å². The van der Waals surface area contributed by atoms with E-state index in [-0.39, 0.29) is 5.78 Å². The van der Waals surface area contributed by atoms with E-state index in [1.165, 1.54) is 18.9 Å². The van der Waals surface area contributed by atoms with E-state index in [0.29, 0.717) is 11.3 Å². The predicted molar refractivity (Wildman–Crippen MR) is 57.0 cm³/mol. The van der Waals surface area contributed by atoms with Crippen LogP contribution in [0.5, 0.6) is 0 Å². The Morgan fingerprint density at radius 1 is 1.47 bits per heavy atom. The molecule has 1 aliphatic heterocycles. The number of fused-ring (bicyclic) bond motifs is 1. The molecule has 3 nitrogen and oxygen atoms in total. The van der Waals surface area contributed by atoms with Crippen molar-refractivity contribution < 1.29 is 14.3 Å². The maximum Gasteiger partial charge on any atom is 0.317 e. The van der Waals surface area contributed by atoms with Crippen molar-refractivity contribution >= 4 is 23.5 Å². The fourth-order valence-corrected chi connectivity index (χ4v) is 2.68. The topological polar surface area (TPSA) is 43.4 Å². The van der Waals surface area contributed by atoms with Gasteiger partial charge in [0.2, 0.25) is 0 Å². The van der Waals surface area contributed by atoms with E-state index in [0.717, 1.165) is 4.90 Å². The van der Waals surface area contributed by atoms with E-state index >= 15 is 0 Å². The van der Waals surface area contributed by atoms with Crippen LogP contribution in [-0.2, 0) is 9.53 Å². The normalized spacial score (nSPS) is 19.5. The van der Waals surface area contributed by atoms with Gasteiger partial charge in [-0.05, 0) is 6.07 Å². The lowest BCUT2D eigenvalue weighted by Gasteiger charge is -2.20. The number of hydrogen-bond acceptors (Lipinski definition) is 4. The first kappa shape index (κ1) is 10.2. The van der Waals surface area contributed by atoms with Crippen molar-refractivity contribution in [1.29, 1.82) is 0 Å². The Bertz CT molecular complexity index is 414. The van der Waals surface area contributed by atoms with Gasteiger partial charge in [0.05, 0.1) is 7.11 Å². The Hall–Kier alpha value is -1.29. The molecule has 1 heterocycles. The quantitative estimate of drug-likeness (QED) is 0.536. The highest BCUT2D eigenvalue weighted by atomic mass is 32.2. The lowest BCUT2D eigenvalue weighted by Crippen LogP contribution is -2.30. The van der Waals surface area contributed by atoms with Crippen molar-refractivity contribution in [3.63, 3.8) is 0 Å². The SMILES string of the molecule is COC(=O)C1CSc2ccccc2C1=O. The summed E-state index contributed by atoms with van der Waals surface area (Å²) in [6.45, 7) is 0. The van der Waals surface area contributed by atoms with Crippen LogP contribution in [0.2, 0.25) is 0 Å². The number of rotatable bonds is 1. The molecule has 0 aliphatic carbocycles. The Morgan fingerprint density at radius 2 is 2.20 bits per heavy atom. The van der Waals surface area contributed by atoms with Crippen molar-refractivity contribution in [2.75, 3.05) is 12.9 Å². The minimum absolute atomic E-state index is 0.129. The van der Waals surface area contributed by atoms with E-state index in [1.807, 2.05) is 12.1 Å². The van der Waals surface area contributed by atoms with Crippen molar-refractivity contribution in [3.05, 3.63) is 29.8 Å². The summed E-state index contributed by atoms with van der Waals surface area (Å²) in [5.41, 5.74) is 0.629. The van der Waals surface area contributed by atoms with Crippen molar-refractivity contribution in [1.82, 2.24) is 0 Å². The molecule has 4 heteroatoms. The molecule has 0 radical (unpaired) electrons. The third-order valence-corrected chi connectivity index (χ3v) is 3.53. The van der Waals surface area contributed by atoms with Gasteiger partial charge in [0, 0.05) is 16.2 Å². The smallest absolute Gasteiger partial charge is 0.317 e. The fraction of sp³-hybridized carbons (Fsp3) is 0.273. The molecule has 0 fully saturated rings. The van der Waals surface area contributed by atoms with Crippen LogP contribution >= 0.6 is 11.8 Å². The van der Waals surface area contributed by atoms with Gasteiger partial charge >= 0.3 is 5.97 Å². The number of esters is 1. The van der Waals surface area contributed by atoms with Gasteiger partial charge in [-0.25, -0.2) is 0 Å². The maximum atomic E-state index is 11.9. The number of ether oxygens (including phenoxy) is 1. The highest BCUT2D eigenvalue weighted by Gasteiger charge is 2.33. The van der Waals surface area contributed by atoms with Crippen LogP contribution in [0, 0.1) is 5.92 Å². The van der Waals surface area contributed by atoms with E-state index in [1.54, 1.807) is 12.1 Å². The number of thioether (sulfide) groups is 1. The molecule has 0 spiro atoms. The van der Waals surface area contributed by atoms with Crippen molar-refractivity contribution in [2.24, 2.45) is 5.92 Å². The Labute approximate surface area is 91.8 Å². The van der Waals surface area contributed by atoms with Gasteiger partial charge in [0.1, 0.15) is 5.92 Å². The highest BCUT2D eigenvalue weighted by Crippen LogP contribution is 2.32. The lowest BCUT2D eigenvalue weighted by atomic mass is 9.99. The fourth-order valence-electron chi connectivity index (χ4n) is 1.55. The molecule has 1 unspecified atom stereocenters. The zero-order valence-electron chi connectivity index (χ0n) is 8.23. The summed E-state index contributed by atoms with van der Waals surface area (Å²) in [4.78, 5) is 24.2. The first-order valence-electron chi connectivity index (χ1n) is 4.58. The average Bonchev–Trinajstić information content (AvgIpc) is 2.29. The number of carbonyl (C=O) groups is 2. The summed E-state index contributed by atoms with van der Waals surface area (Å²) < 4.78 is 4.60. The van der Waals surface area contributed by atoms with Crippen LogP contribution in [0.4, 0.5) is 0 Å². The van der Waals surface area contributed by atoms with E-state index in [2.05, 4.69) is 4.74 Å². The molecule has 1 aromatic carbocycles. The summed E-state index contributed by atoms with van der Waals surface area (Å²) >= 11 is 1.52. The zero-order valence-corrected chi connectivity index (χ0v) is 9.04. The molecule has 78 valence electrons. The second kappa shape index (κ2) is 4.06. The minimum atomic E-state index is -0.644. The highest BCUT2D eigenvalue weighted by molar-refractivity contribution is 7.99. The molecule has 0 N–H and O–H groups in total. The van der Waals surface area contributed by atoms with Crippen LogP contribution in [0.3, 0.4) is 0 Å². The van der Waals surface area contributed by atoms with Crippen LogP contribution in [0.25, 0.3) is 0 Å². The van der Waals surface area contributed by atoms with Crippen LogP contribution in [0.1, 0.15) is 10.4 Å². The van der Waals surface area contributed by atoms with Gasteiger partial charge in [-0.3, -0.25) is 9.59 Å². The molecule has 1 aromatic rings. The molecule has 0 saturated heterocycles. The average molecular weight is 222 g/mol. The summed E-state index contributed by atoms with van der Waals surface area (Å²) in [5.74, 6) is -0.740. The van der Waals surface area contributed by atoms with Gasteiger partial charge in [-0.2, -0.15) is 0 Å². The summed E-state index contributed by atoms with van der Waals surface area (Å²) in [7, 11) is 1.31. The largest absolute Gasteiger partial charge is 0.468 e. The molecule has 0 aromatic heterocycles. The van der Waals surface area contributed by atoms with Gasteiger partial charge < -0.3 is 4.74 Å². The summed E-state index contributed by atoms with van der Waals surface area (Å²) in [6, 6.07) is 7.33. The number of methoxy groups -OCH3 is 1. The molecular formula is C11H10O3S. The standard InChI is InChI=1S/C11H10O3S/c1-14-11(13)8-6-15-9-5-3-2-4-7(9)10(8)12/h2-5,8H,6H2,1H3. The molecule has 2 rings (SSSR count). The zero-order chi connectivity index (χ0) is 10.8. The van der Waals surface area contributed by atoms with E-state index in [9.17, 15) is 9.59 Å². The van der Waals surface area contributed by atoms with Crippen LogP contribution < -0.4 is 0 Å². The predicted octanol–water partition coefficient (Wildman–Crippen LogP) is 1.76. The van der Waals surface area contributed by atoms with E-state index < -0.39 is 11.9 Å². The number of carbonyl (C=O) groups excluding carboxylic acids is 2. The monoisotopic (exact) mass is 222 g/mol. The van der Waals surface area contributed by atoms with Crippen LogP contribution in [0.15, 0.2) is 29.2 Å². The number of Topliss-reactive ketones (excluding diaryl/α,β-unsaturated/α-hetero) is 1. The molecule has 0 saturated carbocycles. The molecule has 0 amide bonds.